The number of nitrogens with zero attached hydrogens (tertiary/aromatic N) is 2. The third-order valence-corrected chi connectivity index (χ3v) is 5.57. The van der Waals surface area contributed by atoms with Crippen LogP contribution in [-0.4, -0.2) is 22.9 Å². The molecule has 3 aromatic rings. The number of hydrogen-bond acceptors (Lipinski definition) is 3. The quantitative estimate of drug-likeness (QED) is 0.506. The van der Waals surface area contributed by atoms with E-state index in [2.05, 4.69) is 10.3 Å². The summed E-state index contributed by atoms with van der Waals surface area (Å²) in [5, 5.41) is 3.83. The molecule has 0 saturated carbocycles. The van der Waals surface area contributed by atoms with Gasteiger partial charge in [-0.15, -0.1) is 0 Å². The predicted molar refractivity (Wildman–Crippen MR) is 119 cm³/mol. The summed E-state index contributed by atoms with van der Waals surface area (Å²) in [4.78, 5) is 18.4. The van der Waals surface area contributed by atoms with Crippen molar-refractivity contribution >= 4 is 35.0 Å². The Bertz CT molecular complexity index is 1160. The number of aryl methyl sites for hydroxylation is 1. The van der Waals surface area contributed by atoms with Gasteiger partial charge in [0.05, 0.1) is 5.56 Å². The molecular weight excluding hydrogens is 423 g/mol. The fourth-order valence-electron chi connectivity index (χ4n) is 3.87. The number of anilines is 2. The van der Waals surface area contributed by atoms with Gasteiger partial charge in [0.2, 0.25) is 0 Å². The summed E-state index contributed by atoms with van der Waals surface area (Å²) in [6.07, 6.45) is -1.02. The van der Waals surface area contributed by atoms with Gasteiger partial charge in [-0.2, -0.15) is 13.2 Å². The molecule has 4 nitrogen and oxygen atoms in total. The van der Waals surface area contributed by atoms with Gasteiger partial charge in [0.25, 0.3) is 0 Å². The Morgan fingerprint density at radius 2 is 2.03 bits per heavy atom. The lowest BCUT2D eigenvalue weighted by molar-refractivity contribution is -0.138. The number of urea groups is 1. The van der Waals surface area contributed by atoms with Crippen LogP contribution >= 0.6 is 12.2 Å². The lowest BCUT2D eigenvalue weighted by atomic mass is 9.99. The van der Waals surface area contributed by atoms with Gasteiger partial charge in [0.15, 0.2) is 0 Å². The van der Waals surface area contributed by atoms with Crippen molar-refractivity contribution in [3.05, 3.63) is 77.1 Å². The van der Waals surface area contributed by atoms with Gasteiger partial charge in [-0.25, -0.2) is 4.79 Å². The van der Waals surface area contributed by atoms with Crippen molar-refractivity contribution in [2.24, 2.45) is 0 Å². The molecule has 1 aromatic heterocycles. The van der Waals surface area contributed by atoms with E-state index in [0.29, 0.717) is 5.69 Å². The number of fused-ring (bicyclic) bond motifs is 1. The fourth-order valence-corrected chi connectivity index (χ4v) is 4.07. The van der Waals surface area contributed by atoms with Crippen LogP contribution in [-0.2, 0) is 12.6 Å². The Labute approximate surface area is 182 Å². The number of alkyl halides is 3. The summed E-state index contributed by atoms with van der Waals surface area (Å²) in [5.74, 6) is 0. The number of halogens is 3. The third-order valence-electron chi connectivity index (χ3n) is 5.31. The Morgan fingerprint density at radius 3 is 2.71 bits per heavy atom. The molecule has 1 aliphatic rings. The molecule has 0 fully saturated rings. The smallest absolute Gasteiger partial charge is 0.308 e. The van der Waals surface area contributed by atoms with E-state index in [1.54, 1.807) is 18.5 Å². The Balaban J connectivity index is 1.63. The summed E-state index contributed by atoms with van der Waals surface area (Å²) in [6.45, 7) is 2.11. The number of carbonyl (C=O) groups is 1. The van der Waals surface area contributed by atoms with Crippen molar-refractivity contribution in [2.75, 3.05) is 16.8 Å². The molecular formula is C23H18F3N3OS. The van der Waals surface area contributed by atoms with E-state index < -0.39 is 17.8 Å². The maximum absolute atomic E-state index is 13.6. The number of carbonyl (C=O) groups excluding carboxylic acids is 1. The summed E-state index contributed by atoms with van der Waals surface area (Å²) < 4.78 is 40.9. The number of hydrogen-bond donors (Lipinski definition) is 1. The van der Waals surface area contributed by atoms with Crippen LogP contribution in [0.3, 0.4) is 0 Å². The standard InChI is InChI=1S/C23H18F3N3OS/c1-14-4-6-17(11-19(14)15-3-2-9-27-12-15)28-22(30)29-10-8-18-20(29)7-5-16(13-31)21(18)23(24,25)26/h2-7,9,11-13H,8,10H2,1H3,(H,28,30). The summed E-state index contributed by atoms with van der Waals surface area (Å²) in [5.41, 5.74) is 2.93. The number of pyridine rings is 1. The second-order valence-electron chi connectivity index (χ2n) is 7.25. The molecule has 2 heterocycles. The second-order valence-corrected chi connectivity index (χ2v) is 7.48. The van der Waals surface area contributed by atoms with Gasteiger partial charge >= 0.3 is 12.2 Å². The van der Waals surface area contributed by atoms with Crippen LogP contribution in [0.4, 0.5) is 29.3 Å². The molecule has 2 aromatic carbocycles. The number of amides is 2. The highest BCUT2D eigenvalue weighted by atomic mass is 32.1. The first-order valence-electron chi connectivity index (χ1n) is 9.57. The molecule has 4 rings (SSSR count). The minimum Gasteiger partial charge on any atom is -0.308 e. The average molecular weight is 441 g/mol. The van der Waals surface area contributed by atoms with Crippen molar-refractivity contribution in [3.63, 3.8) is 0 Å². The maximum atomic E-state index is 13.6. The lowest BCUT2D eigenvalue weighted by Crippen LogP contribution is -2.33. The molecule has 31 heavy (non-hydrogen) atoms. The zero-order valence-electron chi connectivity index (χ0n) is 16.5. The molecule has 2 amide bonds. The normalized spacial score (nSPS) is 13.1. The SMILES string of the molecule is Cc1ccc(NC(=O)N2CCc3c2ccc(C=S)c3C(F)(F)F)cc1-c1cccnc1. The highest BCUT2D eigenvalue weighted by molar-refractivity contribution is 7.79. The number of nitrogens with one attached hydrogen (secondary N) is 1. The van der Waals surface area contributed by atoms with Gasteiger partial charge in [-0.1, -0.05) is 30.4 Å². The average Bonchev–Trinajstić information content (AvgIpc) is 3.18. The van der Waals surface area contributed by atoms with Crippen LogP contribution in [0.1, 0.15) is 22.3 Å². The van der Waals surface area contributed by atoms with E-state index in [-0.39, 0.29) is 29.8 Å². The predicted octanol–water partition coefficient (Wildman–Crippen LogP) is 6.02. The monoisotopic (exact) mass is 441 g/mol. The first-order valence-corrected chi connectivity index (χ1v) is 10.0. The van der Waals surface area contributed by atoms with Crippen LogP contribution in [0.15, 0.2) is 54.9 Å². The summed E-state index contributed by atoms with van der Waals surface area (Å²) >= 11 is 4.75. The van der Waals surface area contributed by atoms with Gasteiger partial charge < -0.3 is 5.32 Å². The minimum absolute atomic E-state index is 0.0526. The van der Waals surface area contributed by atoms with Crippen LogP contribution in [0.2, 0.25) is 0 Å². The van der Waals surface area contributed by atoms with Gasteiger partial charge in [-0.3, -0.25) is 9.88 Å². The topological polar surface area (TPSA) is 45.2 Å². The van der Waals surface area contributed by atoms with E-state index >= 15 is 0 Å². The van der Waals surface area contributed by atoms with Gasteiger partial charge in [0, 0.05) is 41.2 Å². The summed E-state index contributed by atoms with van der Waals surface area (Å²) in [7, 11) is 0. The first-order chi connectivity index (χ1) is 14.8. The van der Waals surface area contributed by atoms with Crippen molar-refractivity contribution in [1.29, 1.82) is 0 Å². The number of aromatic nitrogens is 1. The molecule has 0 unspecified atom stereocenters. The largest absolute Gasteiger partial charge is 0.417 e. The molecule has 1 N–H and O–H groups in total. The van der Waals surface area contributed by atoms with Crippen molar-refractivity contribution < 1.29 is 18.0 Å². The van der Waals surface area contributed by atoms with Crippen LogP contribution < -0.4 is 10.2 Å². The highest BCUT2D eigenvalue weighted by Gasteiger charge is 2.40. The van der Waals surface area contributed by atoms with E-state index in [4.69, 9.17) is 12.2 Å². The molecule has 0 atom stereocenters. The minimum atomic E-state index is -4.54. The molecule has 0 spiro atoms. The van der Waals surface area contributed by atoms with Crippen molar-refractivity contribution in [1.82, 2.24) is 4.98 Å². The van der Waals surface area contributed by atoms with E-state index in [9.17, 15) is 18.0 Å². The lowest BCUT2D eigenvalue weighted by Gasteiger charge is -2.20. The molecule has 0 saturated heterocycles. The molecule has 8 heteroatoms. The fraction of sp³-hybridized carbons (Fsp3) is 0.174. The van der Waals surface area contributed by atoms with Crippen LogP contribution in [0, 0.1) is 6.92 Å². The zero-order valence-corrected chi connectivity index (χ0v) is 17.3. The molecule has 0 radical (unpaired) electrons. The van der Waals surface area contributed by atoms with Crippen molar-refractivity contribution in [2.45, 2.75) is 19.5 Å². The van der Waals surface area contributed by atoms with Gasteiger partial charge in [0.1, 0.15) is 0 Å². The highest BCUT2D eigenvalue weighted by Crippen LogP contribution is 2.41. The molecule has 0 aliphatic carbocycles. The maximum Gasteiger partial charge on any atom is 0.417 e. The number of benzene rings is 2. The third kappa shape index (κ3) is 4.03. The molecule has 0 bridgehead atoms. The Kier molecular flexibility index (Phi) is 5.49. The Hall–Kier alpha value is -3.26. The first kappa shape index (κ1) is 21.0. The number of thiocarbonyl (C=S) groups is 1. The van der Waals surface area contributed by atoms with Gasteiger partial charge in [-0.05, 0) is 59.9 Å². The van der Waals surface area contributed by atoms with Crippen molar-refractivity contribution in [3.8, 4) is 11.1 Å². The summed E-state index contributed by atoms with van der Waals surface area (Å²) in [6, 6.07) is 11.6. The molecule has 1 aliphatic heterocycles. The number of rotatable bonds is 3. The second kappa shape index (κ2) is 8.11. The van der Waals surface area contributed by atoms with Crippen LogP contribution in [0.5, 0.6) is 0 Å². The van der Waals surface area contributed by atoms with Crippen LogP contribution in [0.25, 0.3) is 11.1 Å². The van der Waals surface area contributed by atoms with E-state index in [1.807, 2.05) is 31.2 Å². The molecule has 158 valence electrons. The Morgan fingerprint density at radius 1 is 1.23 bits per heavy atom. The van der Waals surface area contributed by atoms with E-state index in [1.165, 1.54) is 17.0 Å². The zero-order chi connectivity index (χ0) is 22.2. The van der Waals surface area contributed by atoms with E-state index in [0.717, 1.165) is 22.1 Å².